The van der Waals surface area contributed by atoms with Crippen LogP contribution in [0.2, 0.25) is 0 Å². The van der Waals surface area contributed by atoms with Crippen molar-refractivity contribution in [2.24, 2.45) is 0 Å². The molecule has 0 aliphatic carbocycles. The summed E-state index contributed by atoms with van der Waals surface area (Å²) in [4.78, 5) is 35.3. The molecule has 0 saturated carbocycles. The molecule has 0 radical (unpaired) electrons. The number of aryl methyl sites for hydroxylation is 2. The number of para-hydroxylation sites is 2. The van der Waals surface area contributed by atoms with Crippen molar-refractivity contribution in [2.75, 3.05) is 11.9 Å². The lowest BCUT2D eigenvalue weighted by Crippen LogP contribution is -2.41. The van der Waals surface area contributed by atoms with Crippen molar-refractivity contribution < 1.29 is 4.79 Å². The quantitative estimate of drug-likeness (QED) is 0.180. The van der Waals surface area contributed by atoms with Gasteiger partial charge in [-0.15, -0.1) is 0 Å². The van der Waals surface area contributed by atoms with Crippen molar-refractivity contribution >= 4 is 22.6 Å². The number of hydrogen-bond donors (Lipinski definition) is 1. The zero-order valence-electron chi connectivity index (χ0n) is 27.2. The predicted molar refractivity (Wildman–Crippen MR) is 180 cm³/mol. The van der Waals surface area contributed by atoms with E-state index in [0.717, 1.165) is 59.3 Å². The molecule has 0 spiro atoms. The summed E-state index contributed by atoms with van der Waals surface area (Å²) in [6.07, 6.45) is 4.12. The van der Waals surface area contributed by atoms with Crippen molar-refractivity contribution in [1.82, 2.24) is 14.5 Å². The number of hydrogen-bond acceptors (Lipinski definition) is 3. The molecular weight excluding hydrogens is 532 g/mol. The van der Waals surface area contributed by atoms with E-state index in [4.69, 9.17) is 4.98 Å². The fourth-order valence-electron chi connectivity index (χ4n) is 5.74. The number of benzene rings is 3. The highest BCUT2D eigenvalue weighted by molar-refractivity contribution is 5.92. The number of carbonyl (C=O) groups is 1. The van der Waals surface area contributed by atoms with E-state index in [-0.39, 0.29) is 23.4 Å². The van der Waals surface area contributed by atoms with Crippen LogP contribution in [0.3, 0.4) is 0 Å². The number of anilines is 1. The number of urea groups is 1. The maximum Gasteiger partial charge on any atom is 0.322 e. The second-order valence-electron chi connectivity index (χ2n) is 12.4. The summed E-state index contributed by atoms with van der Waals surface area (Å²) < 4.78 is 1.70. The Kier molecular flexibility index (Phi) is 10.4. The van der Waals surface area contributed by atoms with Gasteiger partial charge in [0.15, 0.2) is 0 Å². The molecule has 0 saturated heterocycles. The zero-order chi connectivity index (χ0) is 31.3. The van der Waals surface area contributed by atoms with Crippen LogP contribution in [-0.2, 0) is 0 Å². The summed E-state index contributed by atoms with van der Waals surface area (Å²) >= 11 is 0. The molecular formula is C37H48N4O2. The van der Waals surface area contributed by atoms with Crippen LogP contribution in [-0.4, -0.2) is 27.0 Å². The van der Waals surface area contributed by atoms with Gasteiger partial charge >= 0.3 is 6.03 Å². The highest BCUT2D eigenvalue weighted by Gasteiger charge is 2.28. The average molecular weight is 581 g/mol. The molecule has 6 heteroatoms. The second-order valence-corrected chi connectivity index (χ2v) is 12.4. The summed E-state index contributed by atoms with van der Waals surface area (Å²) in [7, 11) is 0. The fourth-order valence-corrected chi connectivity index (χ4v) is 5.74. The molecule has 0 aliphatic rings. The number of nitrogens with one attached hydrogen (secondary N) is 1. The van der Waals surface area contributed by atoms with Crippen LogP contribution in [0.15, 0.2) is 65.5 Å². The summed E-state index contributed by atoms with van der Waals surface area (Å²) in [5.74, 6) is 1.06. The van der Waals surface area contributed by atoms with Crippen LogP contribution in [0.4, 0.5) is 10.5 Å². The fraction of sp³-hybridized carbons (Fsp3) is 0.432. The molecule has 2 amide bonds. The van der Waals surface area contributed by atoms with E-state index in [1.807, 2.05) is 61.2 Å². The highest BCUT2D eigenvalue weighted by atomic mass is 16.2. The molecule has 1 heterocycles. The van der Waals surface area contributed by atoms with Gasteiger partial charge in [0.05, 0.1) is 22.6 Å². The van der Waals surface area contributed by atoms with Gasteiger partial charge in [0.1, 0.15) is 5.82 Å². The SMILES string of the molecule is CCCCCCN(C(=O)Nc1c(C(C)C)cccc1C(C)C)C(C)c1nc2ccccc2c(=O)n1-c1ccc(C)c(C)c1. The first kappa shape index (κ1) is 32.0. The van der Waals surface area contributed by atoms with E-state index in [2.05, 4.69) is 65.1 Å². The molecule has 0 fully saturated rings. The lowest BCUT2D eigenvalue weighted by Gasteiger charge is -2.32. The Morgan fingerprint density at radius 3 is 2.16 bits per heavy atom. The van der Waals surface area contributed by atoms with Crippen molar-refractivity contribution in [1.29, 1.82) is 0 Å². The van der Waals surface area contributed by atoms with Crippen LogP contribution in [0.25, 0.3) is 16.6 Å². The number of fused-ring (bicyclic) bond motifs is 1. The Bertz CT molecular complexity index is 1610. The van der Waals surface area contributed by atoms with Gasteiger partial charge in [0, 0.05) is 12.2 Å². The Morgan fingerprint density at radius 1 is 0.860 bits per heavy atom. The first-order chi connectivity index (χ1) is 20.5. The topological polar surface area (TPSA) is 67.2 Å². The Balaban J connectivity index is 1.86. The van der Waals surface area contributed by atoms with E-state index in [0.29, 0.717) is 23.3 Å². The maximum atomic E-state index is 14.3. The standard InChI is InChI=1S/C37H48N4O2/c1-9-10-11-14-22-40(37(43)39-34-30(24(2)3)17-15-18-31(34)25(4)5)28(8)35-38-33-19-13-12-16-32(33)36(42)41(35)29-21-20-26(6)27(7)23-29/h12-13,15-21,23-25,28H,9-11,14,22H2,1-8H3,(H,39,43). The van der Waals surface area contributed by atoms with Gasteiger partial charge in [-0.2, -0.15) is 0 Å². The number of aromatic nitrogens is 2. The van der Waals surface area contributed by atoms with E-state index < -0.39 is 6.04 Å². The Hall–Kier alpha value is -3.93. The molecule has 4 aromatic rings. The van der Waals surface area contributed by atoms with E-state index >= 15 is 0 Å². The maximum absolute atomic E-state index is 14.3. The van der Waals surface area contributed by atoms with Crippen molar-refractivity contribution in [3.05, 3.63) is 99.1 Å². The van der Waals surface area contributed by atoms with Crippen molar-refractivity contribution in [2.45, 2.75) is 99.0 Å². The minimum atomic E-state index is -0.464. The van der Waals surface area contributed by atoms with Crippen molar-refractivity contribution in [3.63, 3.8) is 0 Å². The number of amides is 2. The van der Waals surface area contributed by atoms with Crippen LogP contribution >= 0.6 is 0 Å². The van der Waals surface area contributed by atoms with Gasteiger partial charge in [-0.3, -0.25) is 9.36 Å². The van der Waals surface area contributed by atoms with Gasteiger partial charge in [-0.1, -0.05) is 90.3 Å². The van der Waals surface area contributed by atoms with Gasteiger partial charge in [-0.25, -0.2) is 9.78 Å². The molecule has 0 bridgehead atoms. The number of unbranched alkanes of at least 4 members (excludes halogenated alkanes) is 3. The lowest BCUT2D eigenvalue weighted by molar-refractivity contribution is 0.187. The third-order valence-corrected chi connectivity index (χ3v) is 8.51. The third kappa shape index (κ3) is 7.01. The number of rotatable bonds is 11. The van der Waals surface area contributed by atoms with Gasteiger partial charge in [0.2, 0.25) is 0 Å². The molecule has 1 unspecified atom stereocenters. The minimum Gasteiger partial charge on any atom is -0.315 e. The number of carbonyl (C=O) groups excluding carboxylic acids is 1. The zero-order valence-corrected chi connectivity index (χ0v) is 27.2. The van der Waals surface area contributed by atoms with Crippen LogP contribution in [0.1, 0.15) is 113 Å². The lowest BCUT2D eigenvalue weighted by atomic mass is 9.92. The van der Waals surface area contributed by atoms with E-state index in [1.54, 1.807) is 4.57 Å². The van der Waals surface area contributed by atoms with Gasteiger partial charge in [-0.05, 0) is 85.5 Å². The summed E-state index contributed by atoms with van der Waals surface area (Å²) in [6, 6.07) is 19.1. The summed E-state index contributed by atoms with van der Waals surface area (Å²) in [5.41, 5.74) is 6.64. The minimum absolute atomic E-state index is 0.130. The largest absolute Gasteiger partial charge is 0.322 e. The molecule has 0 aliphatic heterocycles. The van der Waals surface area contributed by atoms with Crippen LogP contribution in [0.5, 0.6) is 0 Å². The predicted octanol–water partition coefficient (Wildman–Crippen LogP) is 9.42. The van der Waals surface area contributed by atoms with Gasteiger partial charge in [0.25, 0.3) is 5.56 Å². The smallest absolute Gasteiger partial charge is 0.315 e. The molecule has 1 aromatic heterocycles. The molecule has 4 rings (SSSR count). The van der Waals surface area contributed by atoms with Crippen LogP contribution < -0.4 is 10.9 Å². The molecule has 6 nitrogen and oxygen atoms in total. The normalized spacial score (nSPS) is 12.2. The monoisotopic (exact) mass is 580 g/mol. The van der Waals surface area contributed by atoms with E-state index in [1.165, 1.54) is 0 Å². The summed E-state index contributed by atoms with van der Waals surface area (Å²) in [5, 5.41) is 3.89. The molecule has 43 heavy (non-hydrogen) atoms. The molecule has 1 N–H and O–H groups in total. The molecule has 228 valence electrons. The summed E-state index contributed by atoms with van der Waals surface area (Å²) in [6.45, 7) is 17.5. The van der Waals surface area contributed by atoms with Crippen molar-refractivity contribution in [3.8, 4) is 5.69 Å². The molecule has 1 atom stereocenters. The average Bonchev–Trinajstić information content (AvgIpc) is 2.98. The third-order valence-electron chi connectivity index (χ3n) is 8.51. The highest BCUT2D eigenvalue weighted by Crippen LogP contribution is 2.33. The van der Waals surface area contributed by atoms with E-state index in [9.17, 15) is 9.59 Å². The number of nitrogens with zero attached hydrogens (tertiary/aromatic N) is 3. The second kappa shape index (κ2) is 14.0. The Morgan fingerprint density at radius 2 is 1.53 bits per heavy atom. The first-order valence-corrected chi connectivity index (χ1v) is 15.8. The van der Waals surface area contributed by atoms with Gasteiger partial charge < -0.3 is 10.2 Å². The first-order valence-electron chi connectivity index (χ1n) is 15.8. The Labute approximate surface area is 257 Å². The van der Waals surface area contributed by atoms with Crippen LogP contribution in [0, 0.1) is 13.8 Å². The molecule has 3 aromatic carbocycles.